The standard InChI is InChI=1S/C28H32N2O5/c1-15(2)25(26(31)29-24-13-16-11-17(27(32)33)12-22(16)24)30-28(34)35-14-23-20-9-5-3-7-18(20)19-8-4-6-10-21(19)23/h3-10,15-17,22-25H,11-14H2,1-2H3,(H,29,31)(H,30,34)(H,32,33)/t16?,17?,22?,24?,25-/m0/s1. The molecule has 0 radical (unpaired) electrons. The molecule has 3 N–H and O–H groups in total. The fraction of sp³-hybridized carbons (Fsp3) is 0.464. The minimum atomic E-state index is -0.749. The van der Waals surface area contributed by atoms with Gasteiger partial charge >= 0.3 is 12.1 Å². The van der Waals surface area contributed by atoms with E-state index in [1.807, 2.05) is 38.1 Å². The van der Waals surface area contributed by atoms with E-state index in [4.69, 9.17) is 4.74 Å². The van der Waals surface area contributed by atoms with Crippen LogP contribution in [0, 0.1) is 23.7 Å². The number of nitrogens with one attached hydrogen (secondary N) is 2. The molecule has 4 unspecified atom stereocenters. The molecule has 7 heteroatoms. The highest BCUT2D eigenvalue weighted by atomic mass is 16.5. The van der Waals surface area contributed by atoms with E-state index in [1.165, 1.54) is 0 Å². The van der Waals surface area contributed by atoms with Gasteiger partial charge in [0, 0.05) is 12.0 Å². The third kappa shape index (κ3) is 4.40. The van der Waals surface area contributed by atoms with Crippen molar-refractivity contribution in [1.29, 1.82) is 0 Å². The monoisotopic (exact) mass is 476 g/mol. The molecule has 0 heterocycles. The lowest BCUT2D eigenvalue weighted by molar-refractivity contribution is -0.141. The van der Waals surface area contributed by atoms with Crippen LogP contribution >= 0.6 is 0 Å². The average Bonchev–Trinajstić information content (AvgIpc) is 3.34. The number of hydrogen-bond donors (Lipinski definition) is 3. The first-order valence-electron chi connectivity index (χ1n) is 12.5. The molecule has 2 amide bonds. The van der Waals surface area contributed by atoms with Gasteiger partial charge in [0.1, 0.15) is 12.6 Å². The van der Waals surface area contributed by atoms with Crippen molar-refractivity contribution in [1.82, 2.24) is 10.6 Å². The van der Waals surface area contributed by atoms with E-state index in [-0.39, 0.29) is 42.2 Å². The smallest absolute Gasteiger partial charge is 0.407 e. The predicted octanol–water partition coefficient (Wildman–Crippen LogP) is 4.17. The molecule has 0 aliphatic heterocycles. The number of benzene rings is 2. The van der Waals surface area contributed by atoms with Crippen LogP contribution in [0.4, 0.5) is 4.79 Å². The molecule has 184 valence electrons. The summed E-state index contributed by atoms with van der Waals surface area (Å²) >= 11 is 0. The van der Waals surface area contributed by atoms with Crippen molar-refractivity contribution in [2.75, 3.05) is 6.61 Å². The maximum atomic E-state index is 13.0. The zero-order valence-corrected chi connectivity index (χ0v) is 20.1. The van der Waals surface area contributed by atoms with E-state index >= 15 is 0 Å². The van der Waals surface area contributed by atoms with E-state index in [0.29, 0.717) is 18.8 Å². The van der Waals surface area contributed by atoms with E-state index in [9.17, 15) is 19.5 Å². The summed E-state index contributed by atoms with van der Waals surface area (Å²) in [5.74, 6) is -0.891. The zero-order valence-electron chi connectivity index (χ0n) is 20.1. The van der Waals surface area contributed by atoms with E-state index in [0.717, 1.165) is 28.7 Å². The van der Waals surface area contributed by atoms with Gasteiger partial charge in [-0.15, -0.1) is 0 Å². The van der Waals surface area contributed by atoms with E-state index in [2.05, 4.69) is 34.9 Å². The van der Waals surface area contributed by atoms with E-state index in [1.54, 1.807) is 0 Å². The summed E-state index contributed by atoms with van der Waals surface area (Å²) in [4.78, 5) is 37.1. The summed E-state index contributed by atoms with van der Waals surface area (Å²) in [6.45, 7) is 3.95. The molecule has 0 spiro atoms. The molecule has 35 heavy (non-hydrogen) atoms. The molecular weight excluding hydrogens is 444 g/mol. The fourth-order valence-electron chi connectivity index (χ4n) is 6.17. The van der Waals surface area contributed by atoms with Crippen LogP contribution in [-0.2, 0) is 14.3 Å². The SMILES string of the molecule is CC(C)[C@H](NC(=O)OCC1c2ccccc2-c2ccccc21)C(=O)NC1CC2CC(C(=O)O)CC21. The van der Waals surface area contributed by atoms with Gasteiger partial charge < -0.3 is 20.5 Å². The first-order valence-corrected chi connectivity index (χ1v) is 12.5. The summed E-state index contributed by atoms with van der Waals surface area (Å²) in [5, 5.41) is 15.1. The van der Waals surface area contributed by atoms with Crippen molar-refractivity contribution in [2.45, 2.75) is 51.1 Å². The number of alkyl carbamates (subject to hydrolysis) is 1. The molecule has 2 aromatic carbocycles. The highest BCUT2D eigenvalue weighted by Gasteiger charge is 2.50. The van der Waals surface area contributed by atoms with Crippen molar-refractivity contribution in [3.8, 4) is 11.1 Å². The molecule has 0 bridgehead atoms. The van der Waals surface area contributed by atoms with Crippen LogP contribution in [0.5, 0.6) is 0 Å². The Morgan fingerprint density at radius 3 is 2.20 bits per heavy atom. The predicted molar refractivity (Wildman–Crippen MR) is 131 cm³/mol. The van der Waals surface area contributed by atoms with Crippen LogP contribution in [0.3, 0.4) is 0 Å². The number of carbonyl (C=O) groups is 3. The average molecular weight is 477 g/mol. The number of carboxylic acids is 1. The second-order valence-corrected chi connectivity index (χ2v) is 10.5. The number of aliphatic carboxylic acids is 1. The van der Waals surface area contributed by atoms with Gasteiger partial charge in [0.15, 0.2) is 0 Å². The lowest BCUT2D eigenvalue weighted by Gasteiger charge is -2.41. The third-order valence-corrected chi connectivity index (χ3v) is 8.07. The number of ether oxygens (including phenoxy) is 1. The molecule has 7 nitrogen and oxygen atoms in total. The summed E-state index contributed by atoms with van der Waals surface area (Å²) in [6, 6.07) is 15.6. The summed E-state index contributed by atoms with van der Waals surface area (Å²) in [7, 11) is 0. The number of carbonyl (C=O) groups excluding carboxylic acids is 2. The van der Waals surface area contributed by atoms with Crippen LogP contribution in [0.2, 0.25) is 0 Å². The number of amides is 2. The van der Waals surface area contributed by atoms with Crippen molar-refractivity contribution in [3.63, 3.8) is 0 Å². The number of hydrogen-bond acceptors (Lipinski definition) is 4. The molecule has 0 aromatic heterocycles. The van der Waals surface area contributed by atoms with Crippen molar-refractivity contribution in [3.05, 3.63) is 59.7 Å². The molecule has 5 atom stereocenters. The van der Waals surface area contributed by atoms with Crippen LogP contribution in [0.1, 0.15) is 50.2 Å². The van der Waals surface area contributed by atoms with Gasteiger partial charge in [0.25, 0.3) is 0 Å². The summed E-state index contributed by atoms with van der Waals surface area (Å²) in [6.07, 6.45) is 1.49. The topological polar surface area (TPSA) is 105 Å². The van der Waals surface area contributed by atoms with Crippen molar-refractivity contribution < 1.29 is 24.2 Å². The number of rotatable bonds is 7. The lowest BCUT2D eigenvalue weighted by Crippen LogP contribution is -2.57. The lowest BCUT2D eigenvalue weighted by atomic mass is 9.71. The molecule has 2 aromatic rings. The number of carboxylic acid groups (broad SMARTS) is 1. The molecule has 2 saturated carbocycles. The summed E-state index contributed by atoms with van der Waals surface area (Å²) < 4.78 is 5.63. The van der Waals surface area contributed by atoms with Gasteiger partial charge in [-0.2, -0.15) is 0 Å². The summed E-state index contributed by atoms with van der Waals surface area (Å²) in [5.41, 5.74) is 4.59. The van der Waals surface area contributed by atoms with Gasteiger partial charge in [0.2, 0.25) is 5.91 Å². The minimum absolute atomic E-state index is 0.0255. The highest BCUT2D eigenvalue weighted by Crippen LogP contribution is 2.50. The Kier molecular flexibility index (Phi) is 6.26. The van der Waals surface area contributed by atoms with Crippen molar-refractivity contribution >= 4 is 18.0 Å². The molecule has 5 rings (SSSR count). The normalized spacial score (nSPS) is 25.1. The van der Waals surface area contributed by atoms with Gasteiger partial charge in [-0.05, 0) is 59.3 Å². The minimum Gasteiger partial charge on any atom is -0.481 e. The maximum absolute atomic E-state index is 13.0. The van der Waals surface area contributed by atoms with Gasteiger partial charge in [0.05, 0.1) is 5.92 Å². The Labute approximate surface area is 205 Å². The Morgan fingerprint density at radius 2 is 1.60 bits per heavy atom. The Balaban J connectivity index is 1.18. The van der Waals surface area contributed by atoms with Gasteiger partial charge in [-0.1, -0.05) is 62.4 Å². The Hall–Kier alpha value is -3.35. The molecule has 2 fully saturated rings. The van der Waals surface area contributed by atoms with Crippen LogP contribution < -0.4 is 10.6 Å². The Morgan fingerprint density at radius 1 is 0.971 bits per heavy atom. The van der Waals surface area contributed by atoms with Crippen LogP contribution in [0.15, 0.2) is 48.5 Å². The molecule has 3 aliphatic carbocycles. The second-order valence-electron chi connectivity index (χ2n) is 10.5. The zero-order chi connectivity index (χ0) is 24.7. The van der Waals surface area contributed by atoms with Crippen molar-refractivity contribution in [2.24, 2.45) is 23.7 Å². The van der Waals surface area contributed by atoms with Gasteiger partial charge in [-0.25, -0.2) is 4.79 Å². The van der Waals surface area contributed by atoms with Crippen LogP contribution in [0.25, 0.3) is 11.1 Å². The molecular formula is C28H32N2O5. The highest BCUT2D eigenvalue weighted by molar-refractivity contribution is 5.86. The Bertz CT molecular complexity index is 1100. The van der Waals surface area contributed by atoms with Crippen LogP contribution in [-0.4, -0.2) is 41.8 Å². The first kappa shape index (κ1) is 23.4. The third-order valence-electron chi connectivity index (χ3n) is 8.07. The molecule has 0 saturated heterocycles. The first-order chi connectivity index (χ1) is 16.8. The quantitative estimate of drug-likeness (QED) is 0.557. The second kappa shape index (κ2) is 9.36. The largest absolute Gasteiger partial charge is 0.481 e. The van der Waals surface area contributed by atoms with E-state index < -0.39 is 18.1 Å². The maximum Gasteiger partial charge on any atom is 0.407 e. The van der Waals surface area contributed by atoms with Gasteiger partial charge in [-0.3, -0.25) is 9.59 Å². The molecule has 3 aliphatic rings. The number of fused-ring (bicyclic) bond motifs is 4. The fourth-order valence-corrected chi connectivity index (χ4v) is 6.17.